The summed E-state index contributed by atoms with van der Waals surface area (Å²) in [5.74, 6) is 3.50. The number of rotatable bonds is 9. The molecule has 188 valence electrons. The lowest BCUT2D eigenvalue weighted by Gasteiger charge is -2.19. The molecule has 0 bridgehead atoms. The van der Waals surface area contributed by atoms with E-state index in [0.29, 0.717) is 31.3 Å². The van der Waals surface area contributed by atoms with Crippen molar-refractivity contribution in [3.05, 3.63) is 65.9 Å². The molecule has 0 spiro atoms. The highest BCUT2D eigenvalue weighted by Gasteiger charge is 2.33. The van der Waals surface area contributed by atoms with Gasteiger partial charge in [-0.2, -0.15) is 4.98 Å². The van der Waals surface area contributed by atoms with Crippen LogP contribution in [0.5, 0.6) is 17.2 Å². The molecule has 0 radical (unpaired) electrons. The number of amides is 1. The average Bonchev–Trinajstić information content (AvgIpc) is 3.57. The van der Waals surface area contributed by atoms with Gasteiger partial charge in [0.25, 0.3) is 0 Å². The molecule has 2 aliphatic rings. The molecule has 3 aromatic rings. The molecule has 1 unspecified atom stereocenters. The van der Waals surface area contributed by atoms with Crippen molar-refractivity contribution in [3.63, 3.8) is 0 Å². The largest absolute Gasteiger partial charge is 0.497 e. The summed E-state index contributed by atoms with van der Waals surface area (Å²) in [5, 5.41) is 3.24. The van der Waals surface area contributed by atoms with Crippen LogP contribution in [-0.2, 0) is 11.3 Å². The third-order valence-electron chi connectivity index (χ3n) is 6.91. The molecule has 8 nitrogen and oxygen atoms in total. The normalized spacial score (nSPS) is 17.9. The molecule has 2 fully saturated rings. The zero-order valence-electron chi connectivity index (χ0n) is 20.8. The van der Waals surface area contributed by atoms with E-state index in [1.54, 1.807) is 31.4 Å². The van der Waals surface area contributed by atoms with Crippen molar-refractivity contribution < 1.29 is 19.0 Å². The molecule has 1 saturated carbocycles. The van der Waals surface area contributed by atoms with Crippen molar-refractivity contribution in [2.75, 3.05) is 31.0 Å². The monoisotopic (exact) mass is 488 g/mol. The van der Waals surface area contributed by atoms with Crippen molar-refractivity contribution in [3.8, 4) is 17.2 Å². The molecule has 1 saturated heterocycles. The number of hydrogen-bond donors (Lipinski definition) is 1. The highest BCUT2D eigenvalue weighted by molar-refractivity contribution is 5.95. The van der Waals surface area contributed by atoms with Crippen LogP contribution in [0.4, 0.5) is 11.8 Å². The molecule has 2 aromatic carbocycles. The Hall–Kier alpha value is -3.81. The number of nitrogens with zero attached hydrogens (tertiary/aromatic N) is 3. The van der Waals surface area contributed by atoms with Gasteiger partial charge in [-0.25, -0.2) is 4.98 Å². The number of ether oxygens (including phenoxy) is 3. The molecule has 1 atom stereocenters. The number of aromatic nitrogens is 2. The van der Waals surface area contributed by atoms with Crippen LogP contribution in [0.15, 0.2) is 54.7 Å². The molecule has 1 aliphatic heterocycles. The molecule has 1 amide bonds. The van der Waals surface area contributed by atoms with Gasteiger partial charge < -0.3 is 19.5 Å². The Kier molecular flexibility index (Phi) is 7.21. The van der Waals surface area contributed by atoms with E-state index < -0.39 is 0 Å². The molecule has 1 N–H and O–H groups in total. The molecule has 1 aliphatic carbocycles. The van der Waals surface area contributed by atoms with E-state index >= 15 is 0 Å². The first kappa shape index (κ1) is 23.9. The van der Waals surface area contributed by atoms with Crippen LogP contribution in [0.1, 0.15) is 49.1 Å². The molecule has 1 aromatic heterocycles. The molecular formula is C28H32N4O4. The summed E-state index contributed by atoms with van der Waals surface area (Å²) < 4.78 is 17.0. The number of nitrogens with one attached hydrogen (secondary N) is 1. The number of anilines is 2. The number of hydrogen-bond acceptors (Lipinski definition) is 7. The van der Waals surface area contributed by atoms with E-state index in [0.717, 1.165) is 41.2 Å². The van der Waals surface area contributed by atoms with Gasteiger partial charge in [0.1, 0.15) is 11.6 Å². The third-order valence-corrected chi connectivity index (χ3v) is 6.91. The fraction of sp³-hybridized carbons (Fsp3) is 0.393. The van der Waals surface area contributed by atoms with Crippen molar-refractivity contribution in [1.82, 2.24) is 9.97 Å². The minimum Gasteiger partial charge on any atom is -0.497 e. The van der Waals surface area contributed by atoms with Crippen molar-refractivity contribution in [2.24, 2.45) is 0 Å². The van der Waals surface area contributed by atoms with Crippen LogP contribution >= 0.6 is 0 Å². The zero-order chi connectivity index (χ0) is 24.9. The molecule has 36 heavy (non-hydrogen) atoms. The predicted octanol–water partition coefficient (Wildman–Crippen LogP) is 4.95. The van der Waals surface area contributed by atoms with E-state index in [1.165, 1.54) is 12.8 Å². The predicted molar refractivity (Wildman–Crippen MR) is 138 cm³/mol. The van der Waals surface area contributed by atoms with E-state index in [2.05, 4.69) is 15.3 Å². The van der Waals surface area contributed by atoms with E-state index in [4.69, 9.17) is 14.2 Å². The summed E-state index contributed by atoms with van der Waals surface area (Å²) >= 11 is 0. The quantitative estimate of drug-likeness (QED) is 0.456. The fourth-order valence-corrected chi connectivity index (χ4v) is 4.89. The van der Waals surface area contributed by atoms with E-state index in [-0.39, 0.29) is 17.9 Å². The lowest BCUT2D eigenvalue weighted by atomic mass is 9.98. The highest BCUT2D eigenvalue weighted by Crippen LogP contribution is 2.37. The van der Waals surface area contributed by atoms with Gasteiger partial charge in [-0.15, -0.1) is 0 Å². The van der Waals surface area contributed by atoms with Crippen LogP contribution in [0.3, 0.4) is 0 Å². The van der Waals surface area contributed by atoms with E-state index in [1.807, 2.05) is 42.5 Å². The minimum atomic E-state index is 0.0499. The molecule has 8 heteroatoms. The second-order valence-corrected chi connectivity index (χ2v) is 9.28. The number of benzene rings is 2. The molecule has 5 rings (SSSR count). The maximum absolute atomic E-state index is 13.0. The first-order chi connectivity index (χ1) is 17.6. The van der Waals surface area contributed by atoms with Gasteiger partial charge in [0, 0.05) is 31.6 Å². The summed E-state index contributed by atoms with van der Waals surface area (Å²) in [6.45, 7) is 1.13. The van der Waals surface area contributed by atoms with Gasteiger partial charge in [-0.05, 0) is 67.1 Å². The Labute approximate surface area is 211 Å². The Bertz CT molecular complexity index is 1190. The average molecular weight is 489 g/mol. The van der Waals surface area contributed by atoms with Gasteiger partial charge >= 0.3 is 0 Å². The highest BCUT2D eigenvalue weighted by atomic mass is 16.5. The van der Waals surface area contributed by atoms with Crippen LogP contribution in [-0.4, -0.2) is 42.7 Å². The summed E-state index contributed by atoms with van der Waals surface area (Å²) in [4.78, 5) is 23.7. The lowest BCUT2D eigenvalue weighted by molar-refractivity contribution is -0.117. The summed E-state index contributed by atoms with van der Waals surface area (Å²) in [7, 11) is 3.31. The van der Waals surface area contributed by atoms with Crippen LogP contribution in [0.25, 0.3) is 0 Å². The Morgan fingerprint density at radius 3 is 2.56 bits per heavy atom. The second kappa shape index (κ2) is 10.8. The first-order valence-electron chi connectivity index (χ1n) is 12.5. The fourth-order valence-electron chi connectivity index (χ4n) is 4.89. The van der Waals surface area contributed by atoms with Crippen molar-refractivity contribution >= 4 is 17.7 Å². The summed E-state index contributed by atoms with van der Waals surface area (Å²) in [6, 6.07) is 15.6. The first-order valence-corrected chi connectivity index (χ1v) is 12.5. The van der Waals surface area contributed by atoms with Gasteiger partial charge in [0.2, 0.25) is 11.9 Å². The van der Waals surface area contributed by atoms with Crippen LogP contribution in [0, 0.1) is 0 Å². The Balaban J connectivity index is 1.27. The summed E-state index contributed by atoms with van der Waals surface area (Å²) in [5.41, 5.74) is 2.16. The van der Waals surface area contributed by atoms with Crippen molar-refractivity contribution in [2.45, 2.75) is 50.7 Å². The van der Waals surface area contributed by atoms with Gasteiger partial charge in [-0.1, -0.05) is 18.2 Å². The number of carbonyl (C=O) groups excluding carboxylic acids is 1. The van der Waals surface area contributed by atoms with Crippen LogP contribution in [0.2, 0.25) is 0 Å². The maximum Gasteiger partial charge on any atom is 0.228 e. The van der Waals surface area contributed by atoms with Gasteiger partial charge in [0.05, 0.1) is 20.3 Å². The smallest absolute Gasteiger partial charge is 0.228 e. The number of methoxy groups -OCH3 is 2. The maximum atomic E-state index is 13.0. The third kappa shape index (κ3) is 5.37. The van der Waals surface area contributed by atoms with Gasteiger partial charge in [0.15, 0.2) is 11.5 Å². The standard InChI is InChI=1S/C28H32N4O4/c1-34-22-10-7-19(8-11-22)17-30-28-29-14-13-26(31-28)32-18-21(16-27(32)33)20-9-12-24(35-2)25(15-20)36-23-5-3-4-6-23/h7-15,21,23H,3-6,16-18H2,1-2H3,(H,29,30,31). The van der Waals surface area contributed by atoms with Crippen LogP contribution < -0.4 is 24.4 Å². The Morgan fingerprint density at radius 2 is 1.81 bits per heavy atom. The summed E-state index contributed by atoms with van der Waals surface area (Å²) in [6.07, 6.45) is 6.90. The lowest BCUT2D eigenvalue weighted by Crippen LogP contribution is -2.25. The number of carbonyl (C=O) groups is 1. The topological polar surface area (TPSA) is 85.8 Å². The van der Waals surface area contributed by atoms with Gasteiger partial charge in [-0.3, -0.25) is 9.69 Å². The second-order valence-electron chi connectivity index (χ2n) is 9.28. The molecule has 2 heterocycles. The van der Waals surface area contributed by atoms with Crippen molar-refractivity contribution in [1.29, 1.82) is 0 Å². The minimum absolute atomic E-state index is 0.0499. The SMILES string of the molecule is COc1ccc(CNc2nccc(N3CC(c4ccc(OC)c(OC5CCCC5)c4)CC3=O)n2)cc1. The molecular weight excluding hydrogens is 456 g/mol. The van der Waals surface area contributed by atoms with E-state index in [9.17, 15) is 4.79 Å². The Morgan fingerprint density at radius 1 is 1.00 bits per heavy atom. The zero-order valence-corrected chi connectivity index (χ0v) is 20.8.